The molecule has 1 unspecified atom stereocenters. The normalized spacial score (nSPS) is 12.0. The number of aromatic nitrogens is 1. The van der Waals surface area contributed by atoms with Crippen molar-refractivity contribution in [3.63, 3.8) is 0 Å². The van der Waals surface area contributed by atoms with E-state index in [2.05, 4.69) is 15.6 Å². The highest BCUT2D eigenvalue weighted by atomic mass is 35.5. The lowest BCUT2D eigenvalue weighted by atomic mass is 10.0. The predicted molar refractivity (Wildman–Crippen MR) is 156 cm³/mol. The summed E-state index contributed by atoms with van der Waals surface area (Å²) in [5, 5.41) is 7.17. The maximum atomic E-state index is 14.0. The number of para-hydroxylation sites is 1. The fourth-order valence-electron chi connectivity index (χ4n) is 4.33. The second-order valence-corrected chi connectivity index (χ2v) is 11.0. The van der Waals surface area contributed by atoms with Gasteiger partial charge in [-0.2, -0.15) is 0 Å². The van der Waals surface area contributed by atoms with Crippen molar-refractivity contribution in [2.45, 2.75) is 38.9 Å². The van der Waals surface area contributed by atoms with Crippen molar-refractivity contribution < 1.29 is 19.1 Å². The Kier molecular flexibility index (Phi) is 8.80. The molecule has 0 saturated heterocycles. The molecule has 0 aliphatic heterocycles. The van der Waals surface area contributed by atoms with Crippen LogP contribution in [0.5, 0.6) is 5.75 Å². The van der Waals surface area contributed by atoms with Crippen molar-refractivity contribution in [3.05, 3.63) is 101 Å². The number of carbonyl (C=O) groups is 3. The summed E-state index contributed by atoms with van der Waals surface area (Å²) in [4.78, 5) is 45.4. The molecule has 0 fully saturated rings. The zero-order valence-electron chi connectivity index (χ0n) is 23.0. The number of carbonyl (C=O) groups excluding carboxylic acids is 3. The van der Waals surface area contributed by atoms with Crippen molar-refractivity contribution in [1.82, 2.24) is 20.5 Å². The third-order valence-corrected chi connectivity index (χ3v) is 6.48. The molecule has 0 aliphatic rings. The minimum Gasteiger partial charge on any atom is -0.497 e. The molecule has 3 amide bonds. The molecular weight excluding hydrogens is 528 g/mol. The molecule has 1 atom stereocenters. The van der Waals surface area contributed by atoms with E-state index in [1.165, 1.54) is 4.90 Å². The first-order valence-electron chi connectivity index (χ1n) is 12.9. The molecule has 1 heterocycles. The first-order valence-corrected chi connectivity index (χ1v) is 13.3. The molecule has 8 nitrogen and oxygen atoms in total. The monoisotopic (exact) mass is 560 g/mol. The number of amides is 3. The number of H-pyrrole nitrogens is 1. The van der Waals surface area contributed by atoms with Crippen LogP contribution in [-0.2, 0) is 16.1 Å². The number of aromatic amines is 1. The Bertz CT molecular complexity index is 1460. The SMILES string of the molecule is COc1ccc(CNC(=O)CN(C(=O)c2cc3ccccc3[nH]2)C(C(=O)NC(C)(C)C)c2ccc(Cl)cc2)cc1. The Hall–Kier alpha value is -4.30. The maximum Gasteiger partial charge on any atom is 0.271 e. The summed E-state index contributed by atoms with van der Waals surface area (Å²) in [6.07, 6.45) is 0. The van der Waals surface area contributed by atoms with Crippen LogP contribution in [0.4, 0.5) is 0 Å². The molecule has 1 aromatic heterocycles. The summed E-state index contributed by atoms with van der Waals surface area (Å²) in [6.45, 7) is 5.46. The molecule has 0 saturated carbocycles. The fourth-order valence-corrected chi connectivity index (χ4v) is 4.46. The van der Waals surface area contributed by atoms with Gasteiger partial charge >= 0.3 is 0 Å². The molecule has 0 spiro atoms. The van der Waals surface area contributed by atoms with Gasteiger partial charge in [-0.1, -0.05) is 54.1 Å². The van der Waals surface area contributed by atoms with Gasteiger partial charge in [-0.05, 0) is 68.3 Å². The van der Waals surface area contributed by atoms with Crippen molar-refractivity contribution in [2.75, 3.05) is 13.7 Å². The summed E-state index contributed by atoms with van der Waals surface area (Å²) < 4.78 is 5.19. The van der Waals surface area contributed by atoms with Crippen molar-refractivity contribution >= 4 is 40.2 Å². The highest BCUT2D eigenvalue weighted by Crippen LogP contribution is 2.27. The van der Waals surface area contributed by atoms with Gasteiger partial charge in [0, 0.05) is 28.0 Å². The van der Waals surface area contributed by atoms with Gasteiger partial charge in [0.15, 0.2) is 0 Å². The van der Waals surface area contributed by atoms with E-state index in [0.717, 1.165) is 16.5 Å². The van der Waals surface area contributed by atoms with Crippen LogP contribution >= 0.6 is 11.6 Å². The van der Waals surface area contributed by atoms with E-state index < -0.39 is 29.3 Å². The molecule has 4 aromatic rings. The summed E-state index contributed by atoms with van der Waals surface area (Å²) in [5.41, 5.74) is 1.86. The first kappa shape index (κ1) is 28.7. The van der Waals surface area contributed by atoms with Gasteiger partial charge in [-0.25, -0.2) is 0 Å². The Morgan fingerprint density at radius 1 is 0.975 bits per heavy atom. The lowest BCUT2D eigenvalue weighted by Gasteiger charge is -2.33. The van der Waals surface area contributed by atoms with Crippen LogP contribution in [0.3, 0.4) is 0 Å². The minimum atomic E-state index is -1.10. The molecule has 3 aromatic carbocycles. The van der Waals surface area contributed by atoms with E-state index in [0.29, 0.717) is 16.3 Å². The minimum absolute atomic E-state index is 0.247. The van der Waals surface area contributed by atoms with E-state index in [1.807, 2.05) is 57.2 Å². The Morgan fingerprint density at radius 3 is 2.27 bits per heavy atom. The van der Waals surface area contributed by atoms with Gasteiger partial charge in [0.25, 0.3) is 5.91 Å². The van der Waals surface area contributed by atoms with E-state index in [9.17, 15) is 14.4 Å². The number of rotatable bonds is 9. The van der Waals surface area contributed by atoms with Crippen LogP contribution in [0.25, 0.3) is 10.9 Å². The second kappa shape index (κ2) is 12.3. The Balaban J connectivity index is 1.68. The van der Waals surface area contributed by atoms with Gasteiger partial charge < -0.3 is 25.3 Å². The van der Waals surface area contributed by atoms with Crippen molar-refractivity contribution in [1.29, 1.82) is 0 Å². The molecule has 0 aliphatic carbocycles. The molecule has 9 heteroatoms. The highest BCUT2D eigenvalue weighted by Gasteiger charge is 2.35. The number of ether oxygens (including phenoxy) is 1. The fraction of sp³-hybridized carbons (Fsp3) is 0.258. The maximum absolute atomic E-state index is 14.0. The van der Waals surface area contributed by atoms with Crippen LogP contribution in [0.1, 0.15) is 48.4 Å². The van der Waals surface area contributed by atoms with Crippen LogP contribution in [-0.4, -0.2) is 46.8 Å². The van der Waals surface area contributed by atoms with E-state index in [4.69, 9.17) is 16.3 Å². The number of nitrogens with one attached hydrogen (secondary N) is 3. The van der Waals surface area contributed by atoms with E-state index >= 15 is 0 Å². The molecule has 0 bridgehead atoms. The topological polar surface area (TPSA) is 104 Å². The van der Waals surface area contributed by atoms with Crippen LogP contribution in [0.2, 0.25) is 5.02 Å². The molecular formula is C31H33ClN4O4. The standard InChI is InChI=1S/C31H33ClN4O4/c1-31(2,3)35-29(38)28(21-11-13-23(32)14-12-21)36(30(39)26-17-22-7-5-6-8-25(22)34-26)19-27(37)33-18-20-9-15-24(40-4)16-10-20/h5-17,28,34H,18-19H2,1-4H3,(H,33,37)(H,35,38). The molecule has 40 heavy (non-hydrogen) atoms. The zero-order valence-corrected chi connectivity index (χ0v) is 23.7. The van der Waals surface area contributed by atoms with Gasteiger partial charge in [-0.15, -0.1) is 0 Å². The van der Waals surface area contributed by atoms with Gasteiger partial charge in [-0.3, -0.25) is 14.4 Å². The second-order valence-electron chi connectivity index (χ2n) is 10.5. The number of methoxy groups -OCH3 is 1. The summed E-state index contributed by atoms with van der Waals surface area (Å²) in [5.74, 6) is -0.606. The van der Waals surface area contributed by atoms with Crippen LogP contribution in [0, 0.1) is 0 Å². The lowest BCUT2D eigenvalue weighted by molar-refractivity contribution is -0.129. The quantitative estimate of drug-likeness (QED) is 0.260. The number of halogens is 1. The lowest BCUT2D eigenvalue weighted by Crippen LogP contribution is -2.51. The summed E-state index contributed by atoms with van der Waals surface area (Å²) in [6, 6.07) is 22.1. The van der Waals surface area contributed by atoms with E-state index in [1.54, 1.807) is 49.6 Å². The molecule has 208 valence electrons. The Morgan fingerprint density at radius 2 is 1.65 bits per heavy atom. The van der Waals surface area contributed by atoms with Gasteiger partial charge in [0.2, 0.25) is 11.8 Å². The molecule has 0 radical (unpaired) electrons. The number of benzene rings is 3. The summed E-state index contributed by atoms with van der Waals surface area (Å²) >= 11 is 6.13. The predicted octanol–water partition coefficient (Wildman–Crippen LogP) is 5.24. The zero-order chi connectivity index (χ0) is 28.9. The third kappa shape index (κ3) is 7.21. The number of hydrogen-bond acceptors (Lipinski definition) is 4. The van der Waals surface area contributed by atoms with Gasteiger partial charge in [0.1, 0.15) is 24.0 Å². The first-order chi connectivity index (χ1) is 19.0. The number of hydrogen-bond donors (Lipinski definition) is 3. The number of nitrogens with zero attached hydrogens (tertiary/aromatic N) is 1. The number of fused-ring (bicyclic) bond motifs is 1. The van der Waals surface area contributed by atoms with Crippen LogP contribution in [0.15, 0.2) is 78.9 Å². The molecule has 4 rings (SSSR count). The smallest absolute Gasteiger partial charge is 0.271 e. The Labute approximate surface area is 238 Å². The largest absolute Gasteiger partial charge is 0.497 e. The van der Waals surface area contributed by atoms with Crippen molar-refractivity contribution in [3.8, 4) is 5.75 Å². The average molecular weight is 561 g/mol. The molecule has 3 N–H and O–H groups in total. The van der Waals surface area contributed by atoms with Gasteiger partial charge in [0.05, 0.1) is 7.11 Å². The van der Waals surface area contributed by atoms with Crippen molar-refractivity contribution in [2.24, 2.45) is 0 Å². The average Bonchev–Trinajstić information content (AvgIpc) is 3.36. The third-order valence-electron chi connectivity index (χ3n) is 6.23. The van der Waals surface area contributed by atoms with Crippen LogP contribution < -0.4 is 15.4 Å². The highest BCUT2D eigenvalue weighted by molar-refractivity contribution is 6.30. The van der Waals surface area contributed by atoms with E-state index in [-0.39, 0.29) is 18.8 Å². The summed E-state index contributed by atoms with van der Waals surface area (Å²) in [7, 11) is 1.59.